The van der Waals surface area contributed by atoms with Crippen LogP contribution in [-0.2, 0) is 4.74 Å². The highest BCUT2D eigenvalue weighted by Gasteiger charge is 2.35. The Morgan fingerprint density at radius 2 is 1.27 bits per heavy atom. The molecule has 0 spiro atoms. The van der Waals surface area contributed by atoms with Crippen LogP contribution in [0, 0.1) is 0 Å². The van der Waals surface area contributed by atoms with Crippen LogP contribution in [0.5, 0.6) is 0 Å². The first-order valence-electron chi connectivity index (χ1n) is 10.8. The number of ether oxygens (including phenoxy) is 1. The molecule has 0 unspecified atom stereocenters. The van der Waals surface area contributed by atoms with E-state index in [0.29, 0.717) is 11.6 Å². The largest absolute Gasteiger partial charge is 0.392 e. The van der Waals surface area contributed by atoms with Crippen LogP contribution in [-0.4, -0.2) is 32.6 Å². The predicted molar refractivity (Wildman–Crippen MR) is 134 cm³/mol. The normalized spacial score (nSPS) is 13.6. The quantitative estimate of drug-likeness (QED) is 0.359. The zero-order valence-electron chi connectivity index (χ0n) is 19.8. The topological polar surface area (TPSA) is 29.5 Å². The lowest BCUT2D eigenvalue weighted by molar-refractivity contribution is 0.202. The zero-order chi connectivity index (χ0) is 22.4. The number of hydrogen-bond donors (Lipinski definition) is 1. The summed E-state index contributed by atoms with van der Waals surface area (Å²) < 4.78 is 6.02. The third-order valence-electron chi connectivity index (χ3n) is 6.41. The standard InChI is InChI=1S/C27H38O2Si/c1-21(16-18-28)23-8-12-25(13-9-23)26-14-10-24(11-15-26)22(2)17-19-29-20-30(6,7)27(3,4)5/h8-17,28H,18-20H2,1-7H3/b21-16+,22-17+. The molecular weight excluding hydrogens is 384 g/mol. The molecule has 0 amide bonds. The van der Waals surface area contributed by atoms with Crippen molar-refractivity contribution in [1.82, 2.24) is 0 Å². The summed E-state index contributed by atoms with van der Waals surface area (Å²) in [6, 6.07) is 17.2. The van der Waals surface area contributed by atoms with E-state index in [9.17, 15) is 0 Å². The monoisotopic (exact) mass is 422 g/mol. The zero-order valence-corrected chi connectivity index (χ0v) is 20.8. The summed E-state index contributed by atoms with van der Waals surface area (Å²) in [5.74, 6) is 0. The molecule has 0 bridgehead atoms. The fourth-order valence-electron chi connectivity index (χ4n) is 2.94. The Labute approximate surface area is 184 Å². The van der Waals surface area contributed by atoms with Gasteiger partial charge in [-0.15, -0.1) is 0 Å². The lowest BCUT2D eigenvalue weighted by Gasteiger charge is -2.36. The second-order valence-electron chi connectivity index (χ2n) is 9.76. The van der Waals surface area contributed by atoms with Crippen LogP contribution in [0.15, 0.2) is 60.7 Å². The highest BCUT2D eigenvalue weighted by Crippen LogP contribution is 2.35. The van der Waals surface area contributed by atoms with Crippen molar-refractivity contribution in [3.05, 3.63) is 71.8 Å². The van der Waals surface area contributed by atoms with Crippen LogP contribution in [0.3, 0.4) is 0 Å². The van der Waals surface area contributed by atoms with Crippen molar-refractivity contribution in [2.45, 2.75) is 52.8 Å². The van der Waals surface area contributed by atoms with E-state index in [1.165, 1.54) is 22.3 Å². The second kappa shape index (κ2) is 10.4. The average Bonchev–Trinajstić information content (AvgIpc) is 2.70. The van der Waals surface area contributed by atoms with E-state index in [1.807, 2.05) is 13.0 Å². The van der Waals surface area contributed by atoms with Crippen LogP contribution >= 0.6 is 0 Å². The lowest BCUT2D eigenvalue weighted by atomic mass is 9.98. The van der Waals surface area contributed by atoms with Gasteiger partial charge in [-0.25, -0.2) is 0 Å². The van der Waals surface area contributed by atoms with Crippen LogP contribution < -0.4 is 0 Å². The Morgan fingerprint density at radius 1 is 0.833 bits per heavy atom. The molecule has 0 aliphatic rings. The van der Waals surface area contributed by atoms with Gasteiger partial charge in [-0.3, -0.25) is 0 Å². The Balaban J connectivity index is 1.99. The van der Waals surface area contributed by atoms with E-state index in [4.69, 9.17) is 9.84 Å². The minimum absolute atomic E-state index is 0.0727. The van der Waals surface area contributed by atoms with E-state index in [1.54, 1.807) is 0 Å². The van der Waals surface area contributed by atoms with Crippen LogP contribution in [0.1, 0.15) is 45.7 Å². The molecular formula is C27H38O2Si. The molecule has 0 aromatic heterocycles. The third kappa shape index (κ3) is 6.53. The lowest BCUT2D eigenvalue weighted by Crippen LogP contribution is -2.42. The highest BCUT2D eigenvalue weighted by molar-refractivity contribution is 6.80. The van der Waals surface area contributed by atoms with Gasteiger partial charge in [-0.05, 0) is 52.3 Å². The maximum Gasteiger partial charge on any atom is 0.0829 e. The summed E-state index contributed by atoms with van der Waals surface area (Å²) in [6.45, 7) is 16.7. The van der Waals surface area contributed by atoms with Crippen molar-refractivity contribution in [2.24, 2.45) is 0 Å². The molecule has 0 radical (unpaired) electrons. The van der Waals surface area contributed by atoms with E-state index in [2.05, 4.69) is 95.4 Å². The highest BCUT2D eigenvalue weighted by atomic mass is 28.3. The van der Waals surface area contributed by atoms with E-state index < -0.39 is 8.07 Å². The van der Waals surface area contributed by atoms with E-state index in [0.717, 1.165) is 17.4 Å². The number of allylic oxidation sites excluding steroid dienone is 2. The predicted octanol–water partition coefficient (Wildman–Crippen LogP) is 7.22. The average molecular weight is 423 g/mol. The molecule has 0 heterocycles. The van der Waals surface area contributed by atoms with Gasteiger partial charge in [0.05, 0.1) is 21.3 Å². The molecule has 2 aromatic carbocycles. The van der Waals surface area contributed by atoms with Gasteiger partial charge in [0, 0.05) is 6.23 Å². The summed E-state index contributed by atoms with van der Waals surface area (Å²) in [4.78, 5) is 0. The Hall–Kier alpha value is -1.94. The van der Waals surface area contributed by atoms with Crippen molar-refractivity contribution in [2.75, 3.05) is 19.4 Å². The van der Waals surface area contributed by atoms with Crippen LogP contribution in [0.2, 0.25) is 18.1 Å². The Bertz CT molecular complexity index is 867. The summed E-state index contributed by atoms with van der Waals surface area (Å²) in [7, 11) is -1.38. The van der Waals surface area contributed by atoms with E-state index >= 15 is 0 Å². The SMILES string of the molecule is C/C(=C\CO)c1ccc(-c2ccc(/C(C)=C/COC[Si](C)(C)C(C)(C)C)cc2)cc1. The minimum Gasteiger partial charge on any atom is -0.392 e. The van der Waals surface area contributed by atoms with E-state index in [-0.39, 0.29) is 6.61 Å². The molecule has 3 heteroatoms. The van der Waals surface area contributed by atoms with Crippen molar-refractivity contribution in [3.63, 3.8) is 0 Å². The third-order valence-corrected chi connectivity index (χ3v) is 11.4. The summed E-state index contributed by atoms with van der Waals surface area (Å²) in [5.41, 5.74) is 7.11. The number of rotatable bonds is 8. The molecule has 0 fully saturated rings. The maximum atomic E-state index is 9.05. The molecule has 30 heavy (non-hydrogen) atoms. The molecule has 162 valence electrons. The molecule has 0 saturated carbocycles. The number of benzene rings is 2. The van der Waals surface area contributed by atoms with Gasteiger partial charge in [0.15, 0.2) is 0 Å². The number of aliphatic hydroxyl groups excluding tert-OH is 1. The molecule has 0 aliphatic carbocycles. The van der Waals surface area contributed by atoms with Gasteiger partial charge in [0.1, 0.15) is 0 Å². The van der Waals surface area contributed by atoms with Gasteiger partial charge in [-0.2, -0.15) is 0 Å². The van der Waals surface area contributed by atoms with Crippen LogP contribution in [0.25, 0.3) is 22.3 Å². The Kier molecular flexibility index (Phi) is 8.42. The van der Waals surface area contributed by atoms with Gasteiger partial charge in [-0.1, -0.05) is 94.5 Å². The summed E-state index contributed by atoms with van der Waals surface area (Å²) >= 11 is 0. The molecule has 2 rings (SSSR count). The van der Waals surface area contributed by atoms with Gasteiger partial charge in [0.25, 0.3) is 0 Å². The molecule has 2 nitrogen and oxygen atoms in total. The van der Waals surface area contributed by atoms with Gasteiger partial charge < -0.3 is 9.84 Å². The number of hydrogen-bond acceptors (Lipinski definition) is 2. The first-order chi connectivity index (χ1) is 14.0. The molecule has 0 aliphatic heterocycles. The first-order valence-corrected chi connectivity index (χ1v) is 14.0. The fourth-order valence-corrected chi connectivity index (χ4v) is 4.00. The van der Waals surface area contributed by atoms with Gasteiger partial charge >= 0.3 is 0 Å². The fraction of sp³-hybridized carbons (Fsp3) is 0.407. The maximum absolute atomic E-state index is 9.05. The second-order valence-corrected chi connectivity index (χ2v) is 15.3. The van der Waals surface area contributed by atoms with Crippen molar-refractivity contribution in [1.29, 1.82) is 0 Å². The summed E-state index contributed by atoms with van der Waals surface area (Å²) in [5, 5.41) is 9.40. The first kappa shape index (κ1) is 24.3. The minimum atomic E-state index is -1.38. The summed E-state index contributed by atoms with van der Waals surface area (Å²) in [6.07, 6.45) is 4.91. The number of aliphatic hydroxyl groups is 1. The van der Waals surface area contributed by atoms with Crippen molar-refractivity contribution < 1.29 is 9.84 Å². The van der Waals surface area contributed by atoms with Crippen molar-refractivity contribution >= 4 is 19.2 Å². The van der Waals surface area contributed by atoms with Gasteiger partial charge in [0.2, 0.25) is 0 Å². The smallest absolute Gasteiger partial charge is 0.0829 e. The Morgan fingerprint density at radius 3 is 1.67 bits per heavy atom. The molecule has 0 atom stereocenters. The molecule has 0 saturated heterocycles. The van der Waals surface area contributed by atoms with Crippen LogP contribution in [0.4, 0.5) is 0 Å². The molecule has 1 N–H and O–H groups in total. The molecule has 2 aromatic rings. The van der Waals surface area contributed by atoms with Crippen molar-refractivity contribution in [3.8, 4) is 11.1 Å².